The molecular weight excluding hydrogens is 510 g/mol. The molecule has 0 radical (unpaired) electrons. The molecule has 3 amide bonds. The molecule has 0 aliphatic carbocycles. The Kier molecular flexibility index (Phi) is 10.3. The molecule has 2 N–H and O–H groups in total. The number of nitrogens with zero attached hydrogens (tertiary/aromatic N) is 3. The molecule has 0 bridgehead atoms. The van der Waals surface area contributed by atoms with Crippen molar-refractivity contribution in [1.82, 2.24) is 19.4 Å². The summed E-state index contributed by atoms with van der Waals surface area (Å²) < 4.78 is 6.88. The van der Waals surface area contributed by atoms with E-state index in [2.05, 4.69) is 30.2 Å². The van der Waals surface area contributed by atoms with Gasteiger partial charge in [0, 0.05) is 45.6 Å². The quantitative estimate of drug-likeness (QED) is 0.351. The molecule has 2 aromatic heterocycles. The molecule has 0 fully saturated rings. The van der Waals surface area contributed by atoms with Gasteiger partial charge in [-0.05, 0) is 60.4 Å². The van der Waals surface area contributed by atoms with Crippen molar-refractivity contribution in [2.75, 3.05) is 33.5 Å². The van der Waals surface area contributed by atoms with Gasteiger partial charge in [-0.3, -0.25) is 14.4 Å². The molecule has 0 unspecified atom stereocenters. The highest BCUT2D eigenvalue weighted by Crippen LogP contribution is 2.22. The van der Waals surface area contributed by atoms with Gasteiger partial charge in [0.2, 0.25) is 5.91 Å². The number of fused-ring (bicyclic) bond motifs is 1. The van der Waals surface area contributed by atoms with E-state index in [0.29, 0.717) is 18.9 Å². The summed E-state index contributed by atoms with van der Waals surface area (Å²) in [5.41, 5.74) is 2.86. The SMILES string of the molecule is CC(C)Cc1cccc2cc(Cn3cccc(NC(=O)[C@H](CC/C=C/C(=O)N(C)C)OC(=O)N(C)C)c3=O)[nH]c12. The third-order valence-electron chi connectivity index (χ3n) is 6.24. The van der Waals surface area contributed by atoms with Crippen molar-refractivity contribution in [3.05, 3.63) is 76.4 Å². The standard InChI is InChI=1S/C30H39N5O5/c1-20(2)17-21-11-9-12-22-18-23(31-27(21)22)19-35-16-10-13-24(29(35)38)32-28(37)25(40-30(39)34(5)6)14-7-8-15-26(36)33(3)4/h8-13,15-16,18,20,25,31H,7,14,17,19H2,1-6H3,(H,32,37)/b15-8+/t25-/m0/s1. The van der Waals surface area contributed by atoms with E-state index in [0.717, 1.165) is 23.0 Å². The molecule has 1 aromatic carbocycles. The van der Waals surface area contributed by atoms with Gasteiger partial charge in [0.25, 0.3) is 11.5 Å². The van der Waals surface area contributed by atoms with Gasteiger partial charge in [0.05, 0.1) is 6.54 Å². The number of hydrogen-bond acceptors (Lipinski definition) is 5. The molecule has 1 atom stereocenters. The summed E-state index contributed by atoms with van der Waals surface area (Å²) in [5.74, 6) is -0.304. The van der Waals surface area contributed by atoms with Crippen molar-refractivity contribution in [2.24, 2.45) is 5.92 Å². The van der Waals surface area contributed by atoms with Crippen molar-refractivity contribution < 1.29 is 19.1 Å². The Morgan fingerprint density at radius 2 is 1.82 bits per heavy atom. The van der Waals surface area contributed by atoms with Gasteiger partial charge >= 0.3 is 6.09 Å². The van der Waals surface area contributed by atoms with Crippen molar-refractivity contribution in [3.63, 3.8) is 0 Å². The average molecular weight is 550 g/mol. The number of pyridine rings is 1. The third kappa shape index (κ3) is 8.08. The Hall–Kier alpha value is -4.34. The second-order valence-electron chi connectivity index (χ2n) is 10.6. The molecule has 2 heterocycles. The minimum atomic E-state index is -1.16. The van der Waals surface area contributed by atoms with Crippen LogP contribution in [0.1, 0.15) is 37.9 Å². The highest BCUT2D eigenvalue weighted by molar-refractivity contribution is 5.95. The Bertz CT molecular complexity index is 1430. The summed E-state index contributed by atoms with van der Waals surface area (Å²) >= 11 is 0. The van der Waals surface area contributed by atoms with Gasteiger partial charge in [-0.1, -0.05) is 38.1 Å². The first-order valence-electron chi connectivity index (χ1n) is 13.3. The predicted molar refractivity (Wildman–Crippen MR) is 156 cm³/mol. The zero-order valence-electron chi connectivity index (χ0n) is 24.1. The van der Waals surface area contributed by atoms with Gasteiger partial charge in [-0.15, -0.1) is 0 Å². The van der Waals surface area contributed by atoms with E-state index in [1.807, 2.05) is 18.2 Å². The number of para-hydroxylation sites is 1. The van der Waals surface area contributed by atoms with Crippen LogP contribution in [0.3, 0.4) is 0 Å². The lowest BCUT2D eigenvalue weighted by atomic mass is 10.0. The van der Waals surface area contributed by atoms with Crippen LogP contribution in [-0.4, -0.2) is 71.6 Å². The van der Waals surface area contributed by atoms with Crippen LogP contribution in [0.4, 0.5) is 10.5 Å². The molecule has 214 valence electrons. The fourth-order valence-electron chi connectivity index (χ4n) is 4.18. The summed E-state index contributed by atoms with van der Waals surface area (Å²) in [6, 6.07) is 11.4. The number of anilines is 1. The highest BCUT2D eigenvalue weighted by Gasteiger charge is 2.24. The number of rotatable bonds is 11. The molecule has 0 aliphatic heterocycles. The third-order valence-corrected chi connectivity index (χ3v) is 6.24. The van der Waals surface area contributed by atoms with Crippen LogP contribution < -0.4 is 10.9 Å². The number of ether oxygens (including phenoxy) is 1. The lowest BCUT2D eigenvalue weighted by Crippen LogP contribution is -2.37. The second-order valence-corrected chi connectivity index (χ2v) is 10.6. The molecule has 10 nitrogen and oxygen atoms in total. The Morgan fingerprint density at radius 3 is 2.50 bits per heavy atom. The summed E-state index contributed by atoms with van der Waals surface area (Å²) in [6.45, 7) is 4.65. The number of allylic oxidation sites excluding steroid dienone is 1. The lowest BCUT2D eigenvalue weighted by molar-refractivity contribution is -0.125. The number of carbonyl (C=O) groups excluding carboxylic acids is 3. The van der Waals surface area contributed by atoms with Crippen molar-refractivity contribution >= 4 is 34.5 Å². The molecule has 10 heteroatoms. The average Bonchev–Trinajstić information content (AvgIpc) is 3.31. The van der Waals surface area contributed by atoms with Crippen molar-refractivity contribution in [1.29, 1.82) is 0 Å². The van der Waals surface area contributed by atoms with E-state index in [4.69, 9.17) is 4.74 Å². The number of aromatic amines is 1. The number of likely N-dealkylation sites (N-methyl/N-ethyl adjacent to an activating group) is 1. The fraction of sp³-hybridized carbons (Fsp3) is 0.400. The van der Waals surface area contributed by atoms with E-state index in [1.54, 1.807) is 32.4 Å². The number of amides is 3. The molecular formula is C30H39N5O5. The summed E-state index contributed by atoms with van der Waals surface area (Å²) in [7, 11) is 6.30. The topological polar surface area (TPSA) is 117 Å². The zero-order valence-corrected chi connectivity index (χ0v) is 24.1. The maximum atomic E-state index is 13.3. The summed E-state index contributed by atoms with van der Waals surface area (Å²) in [6.07, 6.45) is 4.23. The monoisotopic (exact) mass is 549 g/mol. The number of nitrogens with one attached hydrogen (secondary N) is 2. The van der Waals surface area contributed by atoms with Crippen LogP contribution in [0, 0.1) is 5.92 Å². The summed E-state index contributed by atoms with van der Waals surface area (Å²) in [5, 5.41) is 3.71. The maximum absolute atomic E-state index is 13.3. The van der Waals surface area contributed by atoms with Crippen LogP contribution in [0.2, 0.25) is 0 Å². The van der Waals surface area contributed by atoms with Gasteiger partial charge in [-0.2, -0.15) is 0 Å². The zero-order chi connectivity index (χ0) is 29.4. The molecule has 0 aliphatic rings. The van der Waals surface area contributed by atoms with Crippen LogP contribution in [0.25, 0.3) is 10.9 Å². The van der Waals surface area contributed by atoms with Gasteiger partial charge in [0.15, 0.2) is 6.10 Å². The second kappa shape index (κ2) is 13.6. The Labute approximate surface area is 234 Å². The number of H-pyrrole nitrogens is 1. The first-order valence-corrected chi connectivity index (χ1v) is 13.3. The lowest BCUT2D eigenvalue weighted by Gasteiger charge is -2.19. The van der Waals surface area contributed by atoms with E-state index >= 15 is 0 Å². The van der Waals surface area contributed by atoms with Gasteiger partial charge in [0.1, 0.15) is 5.69 Å². The molecule has 0 spiro atoms. The number of carbonyl (C=O) groups is 3. The first kappa shape index (κ1) is 30.2. The Morgan fingerprint density at radius 1 is 1.07 bits per heavy atom. The van der Waals surface area contributed by atoms with E-state index in [9.17, 15) is 19.2 Å². The molecule has 3 rings (SSSR count). The van der Waals surface area contributed by atoms with E-state index in [-0.39, 0.29) is 23.6 Å². The normalized spacial score (nSPS) is 12.1. The molecule has 3 aromatic rings. The fourth-order valence-corrected chi connectivity index (χ4v) is 4.18. The van der Waals surface area contributed by atoms with Crippen molar-refractivity contribution in [3.8, 4) is 0 Å². The first-order chi connectivity index (χ1) is 19.0. The van der Waals surface area contributed by atoms with Gasteiger partial charge in [-0.25, -0.2) is 4.79 Å². The highest BCUT2D eigenvalue weighted by atomic mass is 16.6. The van der Waals surface area contributed by atoms with Gasteiger partial charge < -0.3 is 29.4 Å². The van der Waals surface area contributed by atoms with E-state index < -0.39 is 18.1 Å². The molecule has 0 saturated carbocycles. The van der Waals surface area contributed by atoms with Crippen LogP contribution in [0.15, 0.2) is 59.5 Å². The predicted octanol–water partition coefficient (Wildman–Crippen LogP) is 4.01. The van der Waals surface area contributed by atoms with E-state index in [1.165, 1.54) is 46.2 Å². The Balaban J connectivity index is 1.77. The minimum Gasteiger partial charge on any atom is -0.436 e. The minimum absolute atomic E-state index is 0.0772. The summed E-state index contributed by atoms with van der Waals surface area (Å²) in [4.78, 5) is 56.4. The molecule has 40 heavy (non-hydrogen) atoms. The van der Waals surface area contributed by atoms with Crippen molar-refractivity contribution in [2.45, 2.75) is 45.8 Å². The van der Waals surface area contributed by atoms with Crippen LogP contribution in [0.5, 0.6) is 0 Å². The smallest absolute Gasteiger partial charge is 0.410 e. The number of benzene rings is 1. The largest absolute Gasteiger partial charge is 0.436 e. The number of hydrogen-bond donors (Lipinski definition) is 2. The van der Waals surface area contributed by atoms with Crippen LogP contribution >= 0.6 is 0 Å². The maximum Gasteiger partial charge on any atom is 0.410 e. The number of aromatic nitrogens is 2. The molecule has 0 saturated heterocycles. The van der Waals surface area contributed by atoms with Crippen LogP contribution in [-0.2, 0) is 27.3 Å².